The largest absolute Gasteiger partial charge is 0.454 e. The molecule has 0 saturated heterocycles. The first-order chi connectivity index (χ1) is 13.7. The molecule has 12 heteroatoms. The molecule has 3 unspecified atom stereocenters. The molecule has 2 N–H and O–H groups in total. The average Bonchev–Trinajstić information content (AvgIpc) is 2.70. The normalized spacial score (nSPS) is 15.1. The highest BCUT2D eigenvalue weighted by molar-refractivity contribution is 8.01. The van der Waals surface area contributed by atoms with Gasteiger partial charge in [0.15, 0.2) is 9.84 Å². The molecule has 0 rings (SSSR count). The molecule has 0 aromatic heterocycles. The van der Waals surface area contributed by atoms with Gasteiger partial charge in [0.05, 0.1) is 36.2 Å². The Morgan fingerprint density at radius 1 is 1.03 bits per heavy atom. The Bertz CT molecular complexity index is 518. The molecular formula is C17H34O7S5. The van der Waals surface area contributed by atoms with E-state index in [1.165, 1.54) is 18.9 Å². The Morgan fingerprint density at radius 2 is 1.72 bits per heavy atom. The molecule has 0 saturated carbocycles. The van der Waals surface area contributed by atoms with Crippen LogP contribution in [0.4, 0.5) is 0 Å². The van der Waals surface area contributed by atoms with Gasteiger partial charge in [-0.05, 0) is 17.9 Å². The highest BCUT2D eigenvalue weighted by Gasteiger charge is 2.17. The van der Waals surface area contributed by atoms with Gasteiger partial charge in [0.25, 0.3) is 0 Å². The van der Waals surface area contributed by atoms with E-state index >= 15 is 0 Å². The number of thiol groups is 1. The Hall–Kier alpha value is 0.700. The van der Waals surface area contributed by atoms with E-state index in [2.05, 4.69) is 12.6 Å². The zero-order valence-corrected chi connectivity index (χ0v) is 21.2. The van der Waals surface area contributed by atoms with Crippen LogP contribution in [0.5, 0.6) is 0 Å². The zero-order chi connectivity index (χ0) is 22.1. The van der Waals surface area contributed by atoms with E-state index in [0.717, 1.165) is 17.9 Å². The van der Waals surface area contributed by atoms with Crippen LogP contribution in [0.15, 0.2) is 0 Å². The van der Waals surface area contributed by atoms with Gasteiger partial charge in [-0.2, -0.15) is 36.2 Å². The number of hydrogen-bond acceptors (Lipinski definition) is 11. The van der Waals surface area contributed by atoms with Gasteiger partial charge < -0.3 is 19.7 Å². The maximum Gasteiger partial charge on any atom is 0.310 e. The molecule has 0 aromatic rings. The van der Waals surface area contributed by atoms with Gasteiger partial charge >= 0.3 is 5.97 Å². The molecule has 0 amide bonds. The van der Waals surface area contributed by atoms with Crippen LogP contribution in [-0.2, 0) is 24.1 Å². The van der Waals surface area contributed by atoms with Crippen LogP contribution in [0.3, 0.4) is 0 Å². The number of rotatable bonds is 19. The fourth-order valence-corrected chi connectivity index (χ4v) is 6.69. The van der Waals surface area contributed by atoms with Crippen molar-refractivity contribution in [2.24, 2.45) is 5.92 Å². The molecule has 0 fully saturated rings. The molecule has 0 radical (unpaired) electrons. The first-order valence-corrected chi connectivity index (χ1v) is 15.2. The van der Waals surface area contributed by atoms with Crippen molar-refractivity contribution < 1.29 is 32.9 Å². The van der Waals surface area contributed by atoms with Gasteiger partial charge in [0, 0.05) is 30.1 Å². The summed E-state index contributed by atoms with van der Waals surface area (Å²) in [6, 6.07) is 0. The number of carbonyl (C=O) groups is 1. The van der Waals surface area contributed by atoms with E-state index in [9.17, 15) is 23.4 Å². The molecule has 0 spiro atoms. The summed E-state index contributed by atoms with van der Waals surface area (Å²) in [6.45, 7) is 2.06. The van der Waals surface area contributed by atoms with Crippen molar-refractivity contribution in [3.63, 3.8) is 0 Å². The van der Waals surface area contributed by atoms with Crippen molar-refractivity contribution in [2.75, 3.05) is 65.7 Å². The Labute approximate surface area is 193 Å². The predicted molar refractivity (Wildman–Crippen MR) is 128 cm³/mol. The summed E-state index contributed by atoms with van der Waals surface area (Å²) >= 11 is 8.46. The number of esters is 1. The standard InChI is InChI=1S/C17H34O7S5/c1-14(17(20)24-13-28-12-16(19)15(18)10-25)11-27-6-3-5-26-7-9-29(21,22)8-4-23-2/h14-16,18-19,25H,3-13H2,1-2H3. The van der Waals surface area contributed by atoms with Gasteiger partial charge in [-0.3, -0.25) is 4.79 Å². The van der Waals surface area contributed by atoms with E-state index in [-0.39, 0.29) is 47.4 Å². The van der Waals surface area contributed by atoms with Crippen LogP contribution in [-0.4, -0.2) is 102 Å². The number of ether oxygens (including phenoxy) is 2. The summed E-state index contributed by atoms with van der Waals surface area (Å²) in [5.41, 5.74) is 0. The fraction of sp³-hybridized carbons (Fsp3) is 0.941. The van der Waals surface area contributed by atoms with E-state index in [1.54, 1.807) is 23.5 Å². The van der Waals surface area contributed by atoms with Gasteiger partial charge in [-0.25, -0.2) is 8.42 Å². The molecule has 3 atom stereocenters. The molecule has 0 aromatic carbocycles. The van der Waals surface area contributed by atoms with E-state index in [1.807, 2.05) is 6.92 Å². The van der Waals surface area contributed by atoms with Crippen molar-refractivity contribution >= 4 is 63.7 Å². The summed E-state index contributed by atoms with van der Waals surface area (Å²) in [5, 5.41) is 19.0. The molecule has 7 nitrogen and oxygen atoms in total. The lowest BCUT2D eigenvalue weighted by Gasteiger charge is -2.15. The molecular weight excluding hydrogens is 477 g/mol. The zero-order valence-electron chi connectivity index (χ0n) is 17.0. The monoisotopic (exact) mass is 510 g/mol. The highest BCUT2D eigenvalue weighted by atomic mass is 32.2. The minimum Gasteiger partial charge on any atom is -0.454 e. The number of aliphatic hydroxyl groups is 2. The Morgan fingerprint density at radius 3 is 2.38 bits per heavy atom. The molecule has 0 aliphatic rings. The maximum absolute atomic E-state index is 11.9. The molecule has 0 aliphatic carbocycles. The number of methoxy groups -OCH3 is 1. The molecule has 0 aliphatic heterocycles. The number of aliphatic hydroxyl groups excluding tert-OH is 2. The van der Waals surface area contributed by atoms with Crippen molar-refractivity contribution in [1.29, 1.82) is 0 Å². The minimum absolute atomic E-state index is 0.0740. The van der Waals surface area contributed by atoms with Crippen molar-refractivity contribution in [3.05, 3.63) is 0 Å². The molecule has 174 valence electrons. The van der Waals surface area contributed by atoms with Gasteiger partial charge in [0.1, 0.15) is 5.94 Å². The van der Waals surface area contributed by atoms with E-state index in [0.29, 0.717) is 11.5 Å². The second kappa shape index (κ2) is 18.3. The van der Waals surface area contributed by atoms with Gasteiger partial charge in [-0.1, -0.05) is 6.92 Å². The van der Waals surface area contributed by atoms with E-state index < -0.39 is 22.0 Å². The number of thioether (sulfide) groups is 3. The van der Waals surface area contributed by atoms with Crippen molar-refractivity contribution in [2.45, 2.75) is 25.6 Å². The first-order valence-electron chi connectivity index (χ1n) is 9.29. The van der Waals surface area contributed by atoms with E-state index in [4.69, 9.17) is 9.47 Å². The average molecular weight is 511 g/mol. The van der Waals surface area contributed by atoms with Gasteiger partial charge in [0.2, 0.25) is 0 Å². The summed E-state index contributed by atoms with van der Waals surface area (Å²) in [4.78, 5) is 11.9. The number of sulfone groups is 1. The van der Waals surface area contributed by atoms with Crippen LogP contribution in [0.1, 0.15) is 13.3 Å². The second-order valence-electron chi connectivity index (χ2n) is 6.36. The van der Waals surface area contributed by atoms with Crippen LogP contribution < -0.4 is 0 Å². The number of hydrogen-bond donors (Lipinski definition) is 3. The fourth-order valence-electron chi connectivity index (χ4n) is 1.84. The highest BCUT2D eigenvalue weighted by Crippen LogP contribution is 2.15. The smallest absolute Gasteiger partial charge is 0.310 e. The van der Waals surface area contributed by atoms with Gasteiger partial charge in [-0.15, -0.1) is 11.8 Å². The summed E-state index contributed by atoms with van der Waals surface area (Å²) in [5.74, 6) is 3.44. The van der Waals surface area contributed by atoms with Crippen LogP contribution in [0, 0.1) is 5.92 Å². The lowest BCUT2D eigenvalue weighted by Crippen LogP contribution is -2.29. The lowest BCUT2D eigenvalue weighted by atomic mass is 10.2. The number of carbonyl (C=O) groups excluding carboxylic acids is 1. The SMILES string of the molecule is COCCS(=O)(=O)CCSCCCSCC(C)C(=O)OCSCC(O)C(O)CS. The van der Waals surface area contributed by atoms with Crippen molar-refractivity contribution in [3.8, 4) is 0 Å². The van der Waals surface area contributed by atoms with Crippen molar-refractivity contribution in [1.82, 2.24) is 0 Å². The summed E-state index contributed by atoms with van der Waals surface area (Å²) < 4.78 is 33.3. The van der Waals surface area contributed by atoms with Crippen LogP contribution >= 0.6 is 47.9 Å². The third-order valence-corrected chi connectivity index (χ3v) is 9.18. The maximum atomic E-state index is 11.9. The predicted octanol–water partition coefficient (Wildman–Crippen LogP) is 1.43. The summed E-state index contributed by atoms with van der Waals surface area (Å²) in [6.07, 6.45) is -0.807. The quantitative estimate of drug-likeness (QED) is 0.102. The van der Waals surface area contributed by atoms with Crippen LogP contribution in [0.25, 0.3) is 0 Å². The third kappa shape index (κ3) is 17.0. The third-order valence-electron chi connectivity index (χ3n) is 3.69. The lowest BCUT2D eigenvalue weighted by molar-refractivity contribution is -0.144. The molecule has 0 bridgehead atoms. The van der Waals surface area contributed by atoms with Crippen LogP contribution in [0.2, 0.25) is 0 Å². The first kappa shape index (κ1) is 29.7. The molecule has 0 heterocycles. The second-order valence-corrected chi connectivity index (χ2v) is 12.4. The topological polar surface area (TPSA) is 110 Å². The summed E-state index contributed by atoms with van der Waals surface area (Å²) in [7, 11) is -1.52. The minimum atomic E-state index is -3.02. The Kier molecular flexibility index (Phi) is 18.7. The Balaban J connectivity index is 3.63. The molecule has 29 heavy (non-hydrogen) atoms.